The lowest BCUT2D eigenvalue weighted by molar-refractivity contribution is -0.131. The summed E-state index contributed by atoms with van der Waals surface area (Å²) in [5.74, 6) is -0.300. The second kappa shape index (κ2) is 7.75. The van der Waals surface area contributed by atoms with E-state index in [1.165, 1.54) is 0 Å². The van der Waals surface area contributed by atoms with E-state index in [1.54, 1.807) is 29.2 Å². The van der Waals surface area contributed by atoms with Crippen LogP contribution in [0.15, 0.2) is 30.3 Å². The summed E-state index contributed by atoms with van der Waals surface area (Å²) in [6.07, 6.45) is 0. The summed E-state index contributed by atoms with van der Waals surface area (Å²) in [6.45, 7) is 3.61. The largest absolute Gasteiger partial charge is 0.395 e. The number of nitrogens with zero attached hydrogens (tertiary/aromatic N) is 2. The molecule has 0 aliphatic carbocycles. The first-order valence-electron chi connectivity index (χ1n) is 7.15. The van der Waals surface area contributed by atoms with Gasteiger partial charge in [0.25, 0.3) is 5.91 Å². The molecule has 6 heteroatoms. The van der Waals surface area contributed by atoms with Gasteiger partial charge in [0, 0.05) is 38.3 Å². The van der Waals surface area contributed by atoms with E-state index < -0.39 is 0 Å². The monoisotopic (exact) mass is 291 g/mol. The second-order valence-corrected chi connectivity index (χ2v) is 4.99. The molecule has 6 nitrogen and oxygen atoms in total. The Morgan fingerprint density at radius 2 is 1.76 bits per heavy atom. The molecule has 0 bridgehead atoms. The Balaban J connectivity index is 1.74. The molecule has 1 aliphatic rings. The maximum Gasteiger partial charge on any atom is 0.251 e. The van der Waals surface area contributed by atoms with E-state index in [1.807, 2.05) is 6.07 Å². The zero-order valence-corrected chi connectivity index (χ0v) is 12.0. The van der Waals surface area contributed by atoms with Crippen LogP contribution in [0.25, 0.3) is 0 Å². The van der Waals surface area contributed by atoms with Gasteiger partial charge in [-0.2, -0.15) is 0 Å². The minimum atomic E-state index is -0.233. The molecular weight excluding hydrogens is 270 g/mol. The van der Waals surface area contributed by atoms with Gasteiger partial charge in [-0.25, -0.2) is 0 Å². The number of aliphatic hydroxyl groups excluding tert-OH is 1. The van der Waals surface area contributed by atoms with Gasteiger partial charge in [0.15, 0.2) is 0 Å². The molecule has 0 radical (unpaired) electrons. The number of carbonyl (C=O) groups excluding carboxylic acids is 2. The van der Waals surface area contributed by atoms with E-state index in [2.05, 4.69) is 10.2 Å². The van der Waals surface area contributed by atoms with Crippen LogP contribution in [-0.2, 0) is 4.79 Å². The van der Waals surface area contributed by atoms with E-state index in [9.17, 15) is 9.59 Å². The Bertz CT molecular complexity index is 470. The van der Waals surface area contributed by atoms with E-state index in [0.29, 0.717) is 25.2 Å². The minimum absolute atomic E-state index is 0.0216. The fraction of sp³-hybridized carbons (Fsp3) is 0.467. The molecule has 0 aromatic heterocycles. The number of hydrogen-bond donors (Lipinski definition) is 2. The first kappa shape index (κ1) is 15.5. The molecule has 1 aromatic rings. The van der Waals surface area contributed by atoms with Crippen LogP contribution in [0.1, 0.15) is 10.4 Å². The summed E-state index contributed by atoms with van der Waals surface area (Å²) in [7, 11) is 0. The van der Waals surface area contributed by atoms with Crippen molar-refractivity contribution in [3.8, 4) is 0 Å². The zero-order valence-electron chi connectivity index (χ0n) is 12.0. The van der Waals surface area contributed by atoms with E-state index in [4.69, 9.17) is 5.11 Å². The first-order chi connectivity index (χ1) is 10.2. The van der Waals surface area contributed by atoms with Gasteiger partial charge in [0.1, 0.15) is 0 Å². The number of hydrogen-bond acceptors (Lipinski definition) is 4. The standard InChI is InChI=1S/C15H21N3O3/c19-11-10-17-6-8-18(9-7-17)14(20)12-16-15(21)13-4-2-1-3-5-13/h1-5,19H,6-12H2,(H,16,21). The van der Waals surface area contributed by atoms with Gasteiger partial charge < -0.3 is 15.3 Å². The van der Waals surface area contributed by atoms with Crippen molar-refractivity contribution in [3.63, 3.8) is 0 Å². The molecule has 1 aromatic carbocycles. The van der Waals surface area contributed by atoms with Crippen molar-refractivity contribution in [3.05, 3.63) is 35.9 Å². The maximum atomic E-state index is 12.0. The molecule has 1 fully saturated rings. The lowest BCUT2D eigenvalue weighted by Gasteiger charge is -2.34. The van der Waals surface area contributed by atoms with Crippen LogP contribution in [-0.4, -0.2) is 72.6 Å². The topological polar surface area (TPSA) is 72.9 Å². The van der Waals surface area contributed by atoms with Crippen LogP contribution in [0.5, 0.6) is 0 Å². The van der Waals surface area contributed by atoms with Gasteiger partial charge in [-0.05, 0) is 12.1 Å². The molecule has 2 N–H and O–H groups in total. The quantitative estimate of drug-likeness (QED) is 0.771. The maximum absolute atomic E-state index is 12.0. The first-order valence-corrected chi connectivity index (χ1v) is 7.15. The second-order valence-electron chi connectivity index (χ2n) is 4.99. The van der Waals surface area contributed by atoms with Gasteiger partial charge in [-0.15, -0.1) is 0 Å². The highest BCUT2D eigenvalue weighted by Crippen LogP contribution is 2.02. The summed E-state index contributed by atoms with van der Waals surface area (Å²) in [4.78, 5) is 27.8. The summed E-state index contributed by atoms with van der Waals surface area (Å²) in [6, 6.07) is 8.85. The van der Waals surface area contributed by atoms with Crippen LogP contribution in [0.4, 0.5) is 0 Å². The van der Waals surface area contributed by atoms with E-state index >= 15 is 0 Å². The van der Waals surface area contributed by atoms with Crippen LogP contribution >= 0.6 is 0 Å². The van der Waals surface area contributed by atoms with Crippen molar-refractivity contribution in [1.82, 2.24) is 15.1 Å². The molecule has 0 unspecified atom stereocenters. The van der Waals surface area contributed by atoms with Crippen molar-refractivity contribution in [2.45, 2.75) is 0 Å². The highest BCUT2D eigenvalue weighted by Gasteiger charge is 2.20. The third-order valence-corrected chi connectivity index (χ3v) is 3.58. The molecule has 1 aliphatic heterocycles. The van der Waals surface area contributed by atoms with Crippen molar-refractivity contribution in [1.29, 1.82) is 0 Å². The molecule has 114 valence electrons. The van der Waals surface area contributed by atoms with Crippen LogP contribution in [0, 0.1) is 0 Å². The minimum Gasteiger partial charge on any atom is -0.395 e. The van der Waals surface area contributed by atoms with Crippen molar-refractivity contribution in [2.24, 2.45) is 0 Å². The Labute approximate surface area is 124 Å². The van der Waals surface area contributed by atoms with Gasteiger partial charge in [0.05, 0.1) is 13.2 Å². The van der Waals surface area contributed by atoms with Crippen molar-refractivity contribution < 1.29 is 14.7 Å². The van der Waals surface area contributed by atoms with E-state index in [0.717, 1.165) is 13.1 Å². The summed E-state index contributed by atoms with van der Waals surface area (Å²) in [5.41, 5.74) is 0.554. The van der Waals surface area contributed by atoms with Gasteiger partial charge in [-0.3, -0.25) is 14.5 Å². The molecule has 2 rings (SSSR count). The number of benzene rings is 1. The number of aliphatic hydroxyl groups is 1. The fourth-order valence-electron chi connectivity index (χ4n) is 2.32. The lowest BCUT2D eigenvalue weighted by atomic mass is 10.2. The van der Waals surface area contributed by atoms with Crippen LogP contribution in [0.2, 0.25) is 0 Å². The summed E-state index contributed by atoms with van der Waals surface area (Å²) < 4.78 is 0. The van der Waals surface area contributed by atoms with E-state index in [-0.39, 0.29) is 25.0 Å². The molecule has 0 atom stereocenters. The van der Waals surface area contributed by atoms with Crippen molar-refractivity contribution >= 4 is 11.8 Å². The molecule has 0 saturated carbocycles. The Morgan fingerprint density at radius 3 is 2.38 bits per heavy atom. The highest BCUT2D eigenvalue weighted by atomic mass is 16.3. The predicted octanol–water partition coefficient (Wildman–Crippen LogP) is -0.447. The number of rotatable bonds is 5. The number of amides is 2. The van der Waals surface area contributed by atoms with Crippen molar-refractivity contribution in [2.75, 3.05) is 45.9 Å². The number of β-amino-alcohol motifs (C(OH)–C–C–N with tert-alkyl or cyclic N) is 1. The summed E-state index contributed by atoms with van der Waals surface area (Å²) in [5, 5.41) is 11.5. The van der Waals surface area contributed by atoms with Crippen LogP contribution < -0.4 is 5.32 Å². The average Bonchev–Trinajstić information content (AvgIpc) is 2.54. The third-order valence-electron chi connectivity index (χ3n) is 3.58. The fourth-order valence-corrected chi connectivity index (χ4v) is 2.32. The Hall–Kier alpha value is -1.92. The third kappa shape index (κ3) is 4.54. The molecule has 21 heavy (non-hydrogen) atoms. The summed E-state index contributed by atoms with van der Waals surface area (Å²) >= 11 is 0. The zero-order chi connectivity index (χ0) is 15.1. The highest BCUT2D eigenvalue weighted by molar-refractivity contribution is 5.96. The molecule has 1 heterocycles. The van der Waals surface area contributed by atoms with Gasteiger partial charge >= 0.3 is 0 Å². The SMILES string of the molecule is O=C(NCC(=O)N1CCN(CCO)CC1)c1ccccc1. The predicted molar refractivity (Wildman–Crippen MR) is 78.9 cm³/mol. The van der Waals surface area contributed by atoms with Gasteiger partial charge in [0.2, 0.25) is 5.91 Å². The number of piperazine rings is 1. The Morgan fingerprint density at radius 1 is 1.10 bits per heavy atom. The lowest BCUT2D eigenvalue weighted by Crippen LogP contribution is -2.51. The number of nitrogens with one attached hydrogen (secondary N) is 1. The van der Waals surface area contributed by atoms with Gasteiger partial charge in [-0.1, -0.05) is 18.2 Å². The normalized spacial score (nSPS) is 15.8. The molecule has 2 amide bonds. The molecule has 0 spiro atoms. The number of carbonyl (C=O) groups is 2. The average molecular weight is 291 g/mol. The smallest absolute Gasteiger partial charge is 0.251 e. The molecule has 1 saturated heterocycles. The van der Waals surface area contributed by atoms with Crippen LogP contribution in [0.3, 0.4) is 0 Å². The Kier molecular flexibility index (Phi) is 5.71. The molecular formula is C15H21N3O3.